The predicted octanol–water partition coefficient (Wildman–Crippen LogP) is 3.85. The molecule has 1 saturated heterocycles. The Balaban J connectivity index is 1.44. The summed E-state index contributed by atoms with van der Waals surface area (Å²) in [5, 5.41) is 5.71. The molecule has 2 amide bonds. The number of carbonyl (C=O) groups excluding carboxylic acids is 2. The third-order valence-corrected chi connectivity index (χ3v) is 5.27. The minimum absolute atomic E-state index is 0.0919. The van der Waals surface area contributed by atoms with Crippen LogP contribution in [0.25, 0.3) is 11.4 Å². The summed E-state index contributed by atoms with van der Waals surface area (Å²) in [4.78, 5) is 35.2. The number of aromatic nitrogens is 2. The third-order valence-electron chi connectivity index (χ3n) is 4.28. The molecule has 136 valence electrons. The third kappa shape index (κ3) is 3.84. The largest absolute Gasteiger partial charge is 0.312 e. The molecule has 3 aromatic rings. The number of carbonyl (C=O) groups is 2. The summed E-state index contributed by atoms with van der Waals surface area (Å²) < 4.78 is 0. The number of halogens is 1. The van der Waals surface area contributed by atoms with E-state index in [4.69, 9.17) is 11.6 Å². The van der Waals surface area contributed by atoms with Gasteiger partial charge in [0.2, 0.25) is 11.8 Å². The summed E-state index contributed by atoms with van der Waals surface area (Å²) in [7, 11) is 0. The second-order valence-electron chi connectivity index (χ2n) is 6.13. The van der Waals surface area contributed by atoms with Crippen molar-refractivity contribution in [3.05, 3.63) is 59.1 Å². The Morgan fingerprint density at radius 3 is 2.89 bits per heavy atom. The van der Waals surface area contributed by atoms with Gasteiger partial charge in [-0.15, -0.1) is 11.3 Å². The van der Waals surface area contributed by atoms with E-state index in [-0.39, 0.29) is 18.2 Å². The average molecular weight is 399 g/mol. The van der Waals surface area contributed by atoms with E-state index in [2.05, 4.69) is 15.3 Å². The number of benzene rings is 1. The first-order valence-corrected chi connectivity index (χ1v) is 9.59. The molecule has 0 radical (unpaired) electrons. The maximum Gasteiger partial charge on any atom is 0.231 e. The number of nitrogens with zero attached hydrogens (tertiary/aromatic N) is 3. The zero-order chi connectivity index (χ0) is 18.8. The lowest BCUT2D eigenvalue weighted by atomic mass is 10.1. The van der Waals surface area contributed by atoms with Gasteiger partial charge in [-0.1, -0.05) is 23.7 Å². The summed E-state index contributed by atoms with van der Waals surface area (Å²) in [6.45, 7) is 0.323. The minimum Gasteiger partial charge on any atom is -0.312 e. The van der Waals surface area contributed by atoms with Gasteiger partial charge < -0.3 is 10.2 Å². The zero-order valence-electron chi connectivity index (χ0n) is 14.1. The molecular weight excluding hydrogens is 384 g/mol. The van der Waals surface area contributed by atoms with E-state index in [0.717, 1.165) is 5.69 Å². The first kappa shape index (κ1) is 17.6. The van der Waals surface area contributed by atoms with Crippen molar-refractivity contribution in [1.29, 1.82) is 0 Å². The van der Waals surface area contributed by atoms with Crippen molar-refractivity contribution in [2.45, 2.75) is 6.42 Å². The van der Waals surface area contributed by atoms with Crippen LogP contribution in [0.15, 0.2) is 54.0 Å². The fraction of sp³-hybridized carbons (Fsp3) is 0.158. The van der Waals surface area contributed by atoms with E-state index in [1.807, 2.05) is 29.6 Å². The van der Waals surface area contributed by atoms with Gasteiger partial charge in [0.15, 0.2) is 5.13 Å². The molecule has 27 heavy (non-hydrogen) atoms. The van der Waals surface area contributed by atoms with E-state index in [9.17, 15) is 9.59 Å². The van der Waals surface area contributed by atoms with Gasteiger partial charge in [-0.3, -0.25) is 14.6 Å². The van der Waals surface area contributed by atoms with Crippen LogP contribution in [0, 0.1) is 5.92 Å². The lowest BCUT2D eigenvalue weighted by Gasteiger charge is -2.16. The van der Waals surface area contributed by atoms with Gasteiger partial charge in [0.25, 0.3) is 0 Å². The van der Waals surface area contributed by atoms with Crippen molar-refractivity contribution in [1.82, 2.24) is 9.97 Å². The molecule has 2 aromatic heterocycles. The maximum atomic E-state index is 12.6. The Labute approximate surface area is 164 Å². The van der Waals surface area contributed by atoms with Crippen molar-refractivity contribution >= 4 is 45.6 Å². The highest BCUT2D eigenvalue weighted by Crippen LogP contribution is 2.29. The number of anilines is 2. The van der Waals surface area contributed by atoms with Crippen molar-refractivity contribution in [3.8, 4) is 11.4 Å². The molecule has 1 aliphatic rings. The quantitative estimate of drug-likeness (QED) is 0.724. The predicted molar refractivity (Wildman–Crippen MR) is 106 cm³/mol. The van der Waals surface area contributed by atoms with Crippen LogP contribution in [0.2, 0.25) is 5.02 Å². The van der Waals surface area contributed by atoms with Crippen LogP contribution in [0.5, 0.6) is 0 Å². The molecular formula is C19H15ClN4O2S. The Morgan fingerprint density at radius 2 is 2.11 bits per heavy atom. The second kappa shape index (κ2) is 7.46. The van der Waals surface area contributed by atoms with Crippen molar-refractivity contribution in [2.75, 3.05) is 16.8 Å². The SMILES string of the molecule is O=C(Nc1nc(-c2ccccn2)cs1)[C@@H]1CC(=O)N(c2cccc(Cl)c2)C1. The highest BCUT2D eigenvalue weighted by molar-refractivity contribution is 7.14. The maximum absolute atomic E-state index is 12.6. The lowest BCUT2D eigenvalue weighted by molar-refractivity contribution is -0.122. The Morgan fingerprint density at radius 1 is 1.22 bits per heavy atom. The van der Waals surface area contributed by atoms with Gasteiger partial charge in [0.05, 0.1) is 11.6 Å². The van der Waals surface area contributed by atoms with Crippen LogP contribution < -0.4 is 10.2 Å². The molecule has 3 heterocycles. The van der Waals surface area contributed by atoms with E-state index in [1.54, 1.807) is 29.3 Å². The Kier molecular flexibility index (Phi) is 4.87. The van der Waals surface area contributed by atoms with E-state index >= 15 is 0 Å². The second-order valence-corrected chi connectivity index (χ2v) is 7.42. The molecule has 1 N–H and O–H groups in total. The molecule has 8 heteroatoms. The minimum atomic E-state index is -0.432. The topological polar surface area (TPSA) is 75.2 Å². The number of amides is 2. The Hall–Kier alpha value is -2.77. The number of hydrogen-bond donors (Lipinski definition) is 1. The number of pyridine rings is 1. The zero-order valence-corrected chi connectivity index (χ0v) is 15.7. The highest BCUT2D eigenvalue weighted by atomic mass is 35.5. The molecule has 4 rings (SSSR count). The van der Waals surface area contributed by atoms with Crippen LogP contribution in [0.1, 0.15) is 6.42 Å². The van der Waals surface area contributed by atoms with Crippen LogP contribution in [-0.4, -0.2) is 28.3 Å². The smallest absolute Gasteiger partial charge is 0.231 e. The van der Waals surface area contributed by atoms with Gasteiger partial charge in [0.1, 0.15) is 5.69 Å². The summed E-state index contributed by atoms with van der Waals surface area (Å²) in [6, 6.07) is 12.6. The van der Waals surface area contributed by atoms with Crippen LogP contribution in [-0.2, 0) is 9.59 Å². The molecule has 6 nitrogen and oxygen atoms in total. The normalized spacial score (nSPS) is 16.6. The summed E-state index contributed by atoms with van der Waals surface area (Å²) >= 11 is 7.33. The molecule has 0 bridgehead atoms. The first-order chi connectivity index (χ1) is 13.1. The van der Waals surface area contributed by atoms with Crippen molar-refractivity contribution in [2.24, 2.45) is 5.92 Å². The van der Waals surface area contributed by atoms with Gasteiger partial charge in [-0.05, 0) is 30.3 Å². The van der Waals surface area contributed by atoms with Crippen LogP contribution in [0.3, 0.4) is 0 Å². The highest BCUT2D eigenvalue weighted by Gasteiger charge is 2.35. The molecule has 1 atom stereocenters. The summed E-state index contributed by atoms with van der Waals surface area (Å²) in [5.41, 5.74) is 2.16. The molecule has 0 saturated carbocycles. The van der Waals surface area contributed by atoms with E-state index in [0.29, 0.717) is 28.1 Å². The van der Waals surface area contributed by atoms with Gasteiger partial charge in [-0.2, -0.15) is 0 Å². The summed E-state index contributed by atoms with van der Waals surface area (Å²) in [5.74, 6) is -0.737. The van der Waals surface area contributed by atoms with Crippen LogP contribution >= 0.6 is 22.9 Å². The molecule has 1 fully saturated rings. The number of rotatable bonds is 4. The van der Waals surface area contributed by atoms with Gasteiger partial charge in [0, 0.05) is 35.3 Å². The van der Waals surface area contributed by atoms with E-state index < -0.39 is 5.92 Å². The summed E-state index contributed by atoms with van der Waals surface area (Å²) in [6.07, 6.45) is 1.86. The average Bonchev–Trinajstić information content (AvgIpc) is 3.29. The molecule has 0 spiro atoms. The first-order valence-electron chi connectivity index (χ1n) is 8.34. The number of nitrogens with one attached hydrogen (secondary N) is 1. The fourth-order valence-electron chi connectivity index (χ4n) is 2.95. The van der Waals surface area contributed by atoms with Gasteiger partial charge in [-0.25, -0.2) is 4.98 Å². The number of hydrogen-bond acceptors (Lipinski definition) is 5. The molecule has 1 aliphatic heterocycles. The fourth-order valence-corrected chi connectivity index (χ4v) is 3.84. The Bertz CT molecular complexity index is 992. The van der Waals surface area contributed by atoms with Crippen LogP contribution in [0.4, 0.5) is 10.8 Å². The monoisotopic (exact) mass is 398 g/mol. The van der Waals surface area contributed by atoms with Crippen molar-refractivity contribution in [3.63, 3.8) is 0 Å². The van der Waals surface area contributed by atoms with E-state index in [1.165, 1.54) is 11.3 Å². The standard InChI is InChI=1S/C19H15ClN4O2S/c20-13-4-3-5-14(9-13)24-10-12(8-17(24)25)18(26)23-19-22-16(11-27-19)15-6-1-2-7-21-15/h1-7,9,11-12H,8,10H2,(H,22,23,26)/t12-/m1/s1. The molecule has 0 unspecified atom stereocenters. The molecule has 1 aromatic carbocycles. The number of thiazole rings is 1. The van der Waals surface area contributed by atoms with Gasteiger partial charge >= 0.3 is 0 Å². The van der Waals surface area contributed by atoms with Crippen molar-refractivity contribution < 1.29 is 9.59 Å². The molecule has 0 aliphatic carbocycles. The lowest BCUT2D eigenvalue weighted by Crippen LogP contribution is -2.28.